The molecule has 0 bridgehead atoms. The van der Waals surface area contributed by atoms with Gasteiger partial charge in [-0.05, 0) is 30.9 Å². The number of carbonyl (C=O) groups excluding carboxylic acids is 3. The molecule has 0 aliphatic carbocycles. The first kappa shape index (κ1) is 24.9. The van der Waals surface area contributed by atoms with Gasteiger partial charge in [0, 0.05) is 50.9 Å². The van der Waals surface area contributed by atoms with Crippen molar-refractivity contribution in [2.24, 2.45) is 5.92 Å². The number of carbonyl (C=O) groups is 3. The van der Waals surface area contributed by atoms with E-state index in [0.29, 0.717) is 19.5 Å². The Hall–Kier alpha value is -3.20. The van der Waals surface area contributed by atoms with Crippen LogP contribution in [0.2, 0.25) is 0 Å². The van der Waals surface area contributed by atoms with Gasteiger partial charge in [0.05, 0.1) is 24.0 Å². The van der Waals surface area contributed by atoms with Crippen LogP contribution in [0.1, 0.15) is 44.1 Å². The number of benzene rings is 1. The molecule has 9 heteroatoms. The van der Waals surface area contributed by atoms with Gasteiger partial charge in [-0.1, -0.05) is 32.0 Å². The fraction of sp³-hybridized carbons (Fsp3) is 0.538. The number of aldehydes is 1. The van der Waals surface area contributed by atoms with E-state index in [1.807, 2.05) is 12.4 Å². The zero-order chi connectivity index (χ0) is 25.1. The van der Waals surface area contributed by atoms with E-state index in [4.69, 9.17) is 9.47 Å². The van der Waals surface area contributed by atoms with Crippen molar-refractivity contribution in [3.8, 4) is 5.69 Å². The van der Waals surface area contributed by atoms with E-state index in [1.54, 1.807) is 20.9 Å². The first-order chi connectivity index (χ1) is 16.8. The zero-order valence-electron chi connectivity index (χ0n) is 20.8. The minimum atomic E-state index is -0.961. The fourth-order valence-corrected chi connectivity index (χ4v) is 4.81. The number of fused-ring (bicyclic) bond motifs is 3. The molecule has 1 amide bonds. The van der Waals surface area contributed by atoms with Gasteiger partial charge in [-0.3, -0.25) is 9.69 Å². The molecule has 0 saturated carbocycles. The summed E-state index contributed by atoms with van der Waals surface area (Å²) in [4.78, 5) is 44.6. The van der Waals surface area contributed by atoms with E-state index >= 15 is 0 Å². The third-order valence-corrected chi connectivity index (χ3v) is 6.91. The second kappa shape index (κ2) is 10.6. The maximum Gasteiger partial charge on any atom is 0.412 e. The van der Waals surface area contributed by atoms with E-state index in [1.165, 1.54) is 17.4 Å². The van der Waals surface area contributed by atoms with Gasteiger partial charge in [0.25, 0.3) is 0 Å². The summed E-state index contributed by atoms with van der Waals surface area (Å²) in [5.41, 5.74) is 4.58. The van der Waals surface area contributed by atoms with E-state index < -0.39 is 18.4 Å². The first-order valence-electron chi connectivity index (χ1n) is 12.2. The maximum atomic E-state index is 12.6. The van der Waals surface area contributed by atoms with Gasteiger partial charge in [0.1, 0.15) is 6.29 Å². The standard InChI is InChI=1S/C26H34N4O5/c1-17(2)25(32)34-18(3)35-26(33)28(4)20-11-12-29(14-20)21(15-31)13-22-24-10-9-19-7-5-6-8-23(19)30(24)16-27-22/h5-8,15-18,20-21H,9-14H2,1-4H3/t18?,20?,21-/m0/s1. The van der Waals surface area contributed by atoms with Crippen LogP contribution in [-0.2, 0) is 38.3 Å². The molecule has 2 aliphatic rings. The van der Waals surface area contributed by atoms with Gasteiger partial charge in [-0.2, -0.15) is 0 Å². The molecule has 3 atom stereocenters. The lowest BCUT2D eigenvalue weighted by molar-refractivity contribution is -0.169. The van der Waals surface area contributed by atoms with Gasteiger partial charge >= 0.3 is 12.1 Å². The predicted molar refractivity (Wildman–Crippen MR) is 129 cm³/mol. The number of hydrogen-bond donors (Lipinski definition) is 0. The molecule has 9 nitrogen and oxygen atoms in total. The maximum absolute atomic E-state index is 12.6. The Labute approximate surface area is 206 Å². The molecule has 2 aliphatic heterocycles. The highest BCUT2D eigenvalue weighted by atomic mass is 16.7. The van der Waals surface area contributed by atoms with Crippen molar-refractivity contribution in [3.05, 3.63) is 47.5 Å². The third-order valence-electron chi connectivity index (χ3n) is 6.91. The van der Waals surface area contributed by atoms with Crippen LogP contribution in [0.3, 0.4) is 0 Å². The second-order valence-corrected chi connectivity index (χ2v) is 9.64. The number of aryl methyl sites for hydroxylation is 1. The number of imidazole rings is 1. The lowest BCUT2D eigenvalue weighted by Crippen LogP contribution is -2.43. The highest BCUT2D eigenvalue weighted by Gasteiger charge is 2.34. The van der Waals surface area contributed by atoms with E-state index in [-0.39, 0.29) is 18.0 Å². The number of esters is 1. The highest BCUT2D eigenvalue weighted by Crippen LogP contribution is 2.28. The van der Waals surface area contributed by atoms with Crippen LogP contribution in [0, 0.1) is 5.92 Å². The minimum absolute atomic E-state index is 0.0965. The molecule has 1 aromatic carbocycles. The van der Waals surface area contributed by atoms with Crippen molar-refractivity contribution < 1.29 is 23.9 Å². The number of amides is 1. The molecule has 1 fully saturated rings. The molecule has 35 heavy (non-hydrogen) atoms. The average Bonchev–Trinajstić information content (AvgIpc) is 3.49. The van der Waals surface area contributed by atoms with Gasteiger partial charge in [0.2, 0.25) is 6.29 Å². The van der Waals surface area contributed by atoms with Crippen molar-refractivity contribution in [1.82, 2.24) is 19.4 Å². The number of likely N-dealkylation sites (N-methyl/N-ethyl adjacent to an activating group) is 1. The number of aromatic nitrogens is 2. The van der Waals surface area contributed by atoms with E-state index in [9.17, 15) is 14.4 Å². The smallest absolute Gasteiger partial charge is 0.412 e. The zero-order valence-corrected chi connectivity index (χ0v) is 20.8. The van der Waals surface area contributed by atoms with Gasteiger partial charge < -0.3 is 23.7 Å². The Bertz CT molecular complexity index is 1080. The Morgan fingerprint density at radius 3 is 2.71 bits per heavy atom. The van der Waals surface area contributed by atoms with Crippen LogP contribution in [0.4, 0.5) is 4.79 Å². The molecule has 0 radical (unpaired) electrons. The number of hydrogen-bond acceptors (Lipinski definition) is 7. The SMILES string of the molecule is CC(OC(=O)C(C)C)OC(=O)N(C)C1CCN([C@H](C=O)Cc2ncn3c2CCc2ccccc2-3)C1. The van der Waals surface area contributed by atoms with Crippen molar-refractivity contribution in [2.45, 2.75) is 64.8 Å². The summed E-state index contributed by atoms with van der Waals surface area (Å²) in [7, 11) is 1.67. The Morgan fingerprint density at radius 2 is 1.97 bits per heavy atom. The Balaban J connectivity index is 1.35. The quantitative estimate of drug-likeness (QED) is 0.324. The first-order valence-corrected chi connectivity index (χ1v) is 12.2. The molecule has 3 heterocycles. The highest BCUT2D eigenvalue weighted by molar-refractivity contribution is 5.72. The number of nitrogens with zero attached hydrogens (tertiary/aromatic N) is 4. The third kappa shape index (κ3) is 5.40. The topological polar surface area (TPSA) is 94.0 Å². The summed E-state index contributed by atoms with van der Waals surface area (Å²) < 4.78 is 12.5. The lowest BCUT2D eigenvalue weighted by Gasteiger charge is -2.27. The molecule has 0 spiro atoms. The monoisotopic (exact) mass is 482 g/mol. The molecule has 1 saturated heterocycles. The number of ether oxygens (including phenoxy) is 2. The number of likely N-dealkylation sites (tertiary alicyclic amines) is 1. The van der Waals surface area contributed by atoms with Crippen LogP contribution < -0.4 is 0 Å². The summed E-state index contributed by atoms with van der Waals surface area (Å²) in [6, 6.07) is 7.92. The van der Waals surface area contributed by atoms with Crippen LogP contribution >= 0.6 is 0 Å². The van der Waals surface area contributed by atoms with Crippen molar-refractivity contribution in [3.63, 3.8) is 0 Å². The molecule has 2 aromatic rings. The molecule has 188 valence electrons. The lowest BCUT2D eigenvalue weighted by atomic mass is 9.99. The van der Waals surface area contributed by atoms with Crippen molar-refractivity contribution in [1.29, 1.82) is 0 Å². The molecule has 4 rings (SSSR count). The normalized spacial score (nSPS) is 18.9. The summed E-state index contributed by atoms with van der Waals surface area (Å²) in [5.74, 6) is -0.716. The van der Waals surface area contributed by atoms with Crippen molar-refractivity contribution in [2.75, 3.05) is 20.1 Å². The van der Waals surface area contributed by atoms with Crippen LogP contribution in [0.15, 0.2) is 30.6 Å². The molecule has 1 aromatic heterocycles. The average molecular weight is 483 g/mol. The second-order valence-electron chi connectivity index (χ2n) is 9.64. The van der Waals surface area contributed by atoms with Crippen LogP contribution in [0.5, 0.6) is 0 Å². The largest absolute Gasteiger partial charge is 0.425 e. The van der Waals surface area contributed by atoms with Gasteiger partial charge in [-0.25, -0.2) is 9.78 Å². The van der Waals surface area contributed by atoms with E-state index in [2.05, 4.69) is 32.7 Å². The van der Waals surface area contributed by atoms with Crippen LogP contribution in [-0.4, -0.2) is 76.2 Å². The molecular formula is C26H34N4O5. The molecule has 2 unspecified atom stereocenters. The van der Waals surface area contributed by atoms with Gasteiger partial charge in [-0.15, -0.1) is 0 Å². The number of rotatable bonds is 8. The fourth-order valence-electron chi connectivity index (χ4n) is 4.81. The predicted octanol–water partition coefficient (Wildman–Crippen LogP) is 2.77. The summed E-state index contributed by atoms with van der Waals surface area (Å²) >= 11 is 0. The van der Waals surface area contributed by atoms with Crippen LogP contribution in [0.25, 0.3) is 5.69 Å². The minimum Gasteiger partial charge on any atom is -0.425 e. The summed E-state index contributed by atoms with van der Waals surface area (Å²) in [5, 5.41) is 0. The van der Waals surface area contributed by atoms with Gasteiger partial charge in [0.15, 0.2) is 0 Å². The Kier molecular flexibility index (Phi) is 7.54. The van der Waals surface area contributed by atoms with Crippen molar-refractivity contribution >= 4 is 18.3 Å². The molecule has 0 N–H and O–H groups in total. The van der Waals surface area contributed by atoms with E-state index in [0.717, 1.165) is 42.6 Å². The number of para-hydroxylation sites is 1. The summed E-state index contributed by atoms with van der Waals surface area (Å²) in [6.07, 6.45) is 4.45. The summed E-state index contributed by atoms with van der Waals surface area (Å²) in [6.45, 7) is 6.23. The Morgan fingerprint density at radius 1 is 1.20 bits per heavy atom. The molecular weight excluding hydrogens is 448 g/mol.